The first-order valence-corrected chi connectivity index (χ1v) is 9.20. The summed E-state index contributed by atoms with van der Waals surface area (Å²) in [5.41, 5.74) is 3.50. The van der Waals surface area contributed by atoms with Crippen LogP contribution in [-0.2, 0) is 11.3 Å². The van der Waals surface area contributed by atoms with Gasteiger partial charge >= 0.3 is 5.97 Å². The fourth-order valence-electron chi connectivity index (χ4n) is 4.50. The molecule has 29 heavy (non-hydrogen) atoms. The highest BCUT2D eigenvalue weighted by atomic mass is 35.5. The fraction of sp³-hybridized carbons (Fsp3) is 0.474. The summed E-state index contributed by atoms with van der Waals surface area (Å²) < 4.78 is 37.6. The topological polar surface area (TPSA) is 97.8 Å². The Bertz CT molecular complexity index is 1040. The third-order valence-corrected chi connectivity index (χ3v) is 5.96. The van der Waals surface area contributed by atoms with Gasteiger partial charge in [0.15, 0.2) is 5.82 Å². The molecule has 0 radical (unpaired) electrons. The number of aromatic nitrogens is 1. The summed E-state index contributed by atoms with van der Waals surface area (Å²) in [7, 11) is 0. The number of carboxylic acids is 1. The Balaban J connectivity index is 0.00000240. The van der Waals surface area contributed by atoms with E-state index in [9.17, 15) is 19.1 Å². The second-order valence-electron chi connectivity index (χ2n) is 7.36. The molecule has 1 aromatic carbocycles. The molecule has 3 heterocycles. The van der Waals surface area contributed by atoms with Gasteiger partial charge in [0.25, 0.3) is 0 Å². The zero-order chi connectivity index (χ0) is 20.2. The number of nitrogens with zero attached hydrogens (tertiary/aromatic N) is 2. The number of aromatic carboxylic acids is 1. The van der Waals surface area contributed by atoms with E-state index in [0.717, 1.165) is 18.7 Å². The van der Waals surface area contributed by atoms with Crippen LogP contribution in [0, 0.1) is 17.6 Å². The van der Waals surface area contributed by atoms with Gasteiger partial charge in [-0.25, -0.2) is 13.6 Å². The molecule has 0 amide bonds. The lowest BCUT2D eigenvalue weighted by molar-refractivity contribution is 0.0126. The molecule has 0 bridgehead atoms. The number of benzene rings is 1. The number of ether oxygens (including phenoxy) is 1. The molecule has 4 rings (SSSR count). The third-order valence-electron chi connectivity index (χ3n) is 5.96. The van der Waals surface area contributed by atoms with Crippen LogP contribution in [0.4, 0.5) is 14.5 Å². The predicted octanol–water partition coefficient (Wildman–Crippen LogP) is 1.97. The Morgan fingerprint density at radius 1 is 1.45 bits per heavy atom. The molecule has 10 heteroatoms. The molecule has 2 atom stereocenters. The molecule has 2 saturated heterocycles. The van der Waals surface area contributed by atoms with Crippen LogP contribution in [0.3, 0.4) is 0 Å². The quantitative estimate of drug-likeness (QED) is 0.771. The van der Waals surface area contributed by atoms with E-state index in [1.54, 1.807) is 11.8 Å². The maximum absolute atomic E-state index is 15.5. The molecule has 7 nitrogen and oxygen atoms in total. The van der Waals surface area contributed by atoms with Crippen molar-refractivity contribution in [2.24, 2.45) is 11.7 Å². The number of fused-ring (bicyclic) bond motifs is 2. The minimum atomic E-state index is -1.44. The number of carbonyl (C=O) groups is 1. The fourth-order valence-corrected chi connectivity index (χ4v) is 4.50. The van der Waals surface area contributed by atoms with Crippen LogP contribution in [0.1, 0.15) is 23.7 Å². The number of aryl methyl sites for hydroxylation is 1. The molecule has 2 aliphatic rings. The normalized spacial score (nSPS) is 23.3. The van der Waals surface area contributed by atoms with Crippen molar-refractivity contribution in [1.82, 2.24) is 4.57 Å². The van der Waals surface area contributed by atoms with Crippen LogP contribution in [-0.4, -0.2) is 47.5 Å². The number of anilines is 1. The molecule has 0 aliphatic carbocycles. The van der Waals surface area contributed by atoms with E-state index in [2.05, 4.69) is 0 Å². The van der Waals surface area contributed by atoms with Crippen molar-refractivity contribution in [3.63, 3.8) is 0 Å². The van der Waals surface area contributed by atoms with Gasteiger partial charge in [0, 0.05) is 44.9 Å². The van der Waals surface area contributed by atoms with Crippen molar-refractivity contribution in [3.05, 3.63) is 39.7 Å². The first-order valence-electron chi connectivity index (χ1n) is 9.20. The Kier molecular flexibility index (Phi) is 5.59. The largest absolute Gasteiger partial charge is 0.477 e. The number of pyridine rings is 1. The van der Waals surface area contributed by atoms with Crippen molar-refractivity contribution in [1.29, 1.82) is 0 Å². The summed E-state index contributed by atoms with van der Waals surface area (Å²) in [4.78, 5) is 25.4. The Morgan fingerprint density at radius 3 is 2.76 bits per heavy atom. The second kappa shape index (κ2) is 7.55. The average Bonchev–Trinajstić information content (AvgIpc) is 3.19. The first kappa shape index (κ1) is 21.5. The molecule has 2 aliphatic heterocycles. The lowest BCUT2D eigenvalue weighted by Crippen LogP contribution is -2.44. The van der Waals surface area contributed by atoms with Crippen molar-refractivity contribution in [2.75, 3.05) is 31.1 Å². The maximum Gasteiger partial charge on any atom is 0.341 e. The van der Waals surface area contributed by atoms with Gasteiger partial charge in [-0.3, -0.25) is 4.79 Å². The first-order chi connectivity index (χ1) is 13.3. The van der Waals surface area contributed by atoms with Crippen LogP contribution in [0.25, 0.3) is 10.9 Å². The van der Waals surface area contributed by atoms with E-state index < -0.39 is 34.2 Å². The molecule has 0 saturated carbocycles. The van der Waals surface area contributed by atoms with Gasteiger partial charge in [0.05, 0.1) is 10.9 Å². The van der Waals surface area contributed by atoms with Crippen LogP contribution in [0.15, 0.2) is 17.1 Å². The van der Waals surface area contributed by atoms with E-state index in [0.29, 0.717) is 13.2 Å². The predicted molar refractivity (Wildman–Crippen MR) is 106 cm³/mol. The standard InChI is InChI=1S/C19H21F2N3O4.ClH/c1-2-23-7-12(18(26)27)17(25)11-5-13(20)16(14(21)15(11)23)24-6-10-3-4-28-19(10,8-22)9-24;/h5,7,10H,2-4,6,8-9,22H2,1H3,(H,26,27);1H. The molecule has 2 fully saturated rings. The van der Waals surface area contributed by atoms with Crippen LogP contribution in [0.2, 0.25) is 0 Å². The van der Waals surface area contributed by atoms with Gasteiger partial charge in [-0.2, -0.15) is 0 Å². The van der Waals surface area contributed by atoms with Crippen LogP contribution >= 0.6 is 12.4 Å². The van der Waals surface area contributed by atoms with Gasteiger partial charge in [-0.1, -0.05) is 0 Å². The number of hydrogen-bond donors (Lipinski definition) is 2. The Morgan fingerprint density at radius 2 is 2.17 bits per heavy atom. The molecule has 2 aromatic rings. The Hall–Kier alpha value is -2.23. The minimum Gasteiger partial charge on any atom is -0.477 e. The summed E-state index contributed by atoms with van der Waals surface area (Å²) in [5.74, 6) is -3.14. The minimum absolute atomic E-state index is 0. The van der Waals surface area contributed by atoms with Gasteiger partial charge in [-0.05, 0) is 19.4 Å². The van der Waals surface area contributed by atoms with E-state index in [1.807, 2.05) is 0 Å². The summed E-state index contributed by atoms with van der Waals surface area (Å²) in [6, 6.07) is 0.929. The van der Waals surface area contributed by atoms with E-state index in [1.165, 1.54) is 4.57 Å². The third kappa shape index (κ3) is 3.08. The number of rotatable bonds is 4. The molecule has 2 unspecified atom stereocenters. The van der Waals surface area contributed by atoms with E-state index in [-0.39, 0.29) is 54.5 Å². The lowest BCUT2D eigenvalue weighted by Gasteiger charge is -2.27. The molecular formula is C19H22ClF2N3O4. The summed E-state index contributed by atoms with van der Waals surface area (Å²) >= 11 is 0. The number of nitrogens with two attached hydrogens (primary N) is 1. The molecule has 0 spiro atoms. The van der Waals surface area contributed by atoms with Crippen molar-refractivity contribution < 1.29 is 23.4 Å². The SMILES string of the molecule is CCn1cc(C(=O)O)c(=O)c2cc(F)c(N3CC4CCOC4(CN)C3)c(F)c21.Cl. The zero-order valence-corrected chi connectivity index (χ0v) is 16.6. The highest BCUT2D eigenvalue weighted by Gasteiger charge is 2.51. The van der Waals surface area contributed by atoms with Crippen LogP contribution in [0.5, 0.6) is 0 Å². The molecule has 158 valence electrons. The smallest absolute Gasteiger partial charge is 0.341 e. The van der Waals surface area contributed by atoms with Crippen LogP contribution < -0.4 is 16.1 Å². The van der Waals surface area contributed by atoms with Gasteiger partial charge < -0.3 is 25.0 Å². The van der Waals surface area contributed by atoms with E-state index in [4.69, 9.17) is 10.5 Å². The molecular weight excluding hydrogens is 408 g/mol. The average molecular weight is 430 g/mol. The van der Waals surface area contributed by atoms with Gasteiger partial charge in [0.1, 0.15) is 22.7 Å². The van der Waals surface area contributed by atoms with Gasteiger partial charge in [0.2, 0.25) is 5.43 Å². The maximum atomic E-state index is 15.5. The van der Waals surface area contributed by atoms with Crippen molar-refractivity contribution in [3.8, 4) is 0 Å². The number of hydrogen-bond acceptors (Lipinski definition) is 5. The molecule has 3 N–H and O–H groups in total. The highest BCUT2D eigenvalue weighted by molar-refractivity contribution is 5.93. The lowest BCUT2D eigenvalue weighted by atomic mass is 9.91. The van der Waals surface area contributed by atoms with Crippen molar-refractivity contribution >= 4 is 35.0 Å². The monoisotopic (exact) mass is 429 g/mol. The van der Waals surface area contributed by atoms with Gasteiger partial charge in [-0.15, -0.1) is 12.4 Å². The summed E-state index contributed by atoms with van der Waals surface area (Å²) in [6.07, 6.45) is 1.87. The van der Waals surface area contributed by atoms with Crippen molar-refractivity contribution in [2.45, 2.75) is 25.5 Å². The Labute approximate surface area is 171 Å². The molecule has 1 aromatic heterocycles. The highest BCUT2D eigenvalue weighted by Crippen LogP contribution is 2.42. The number of carboxylic acid groups (broad SMARTS) is 1. The second-order valence-corrected chi connectivity index (χ2v) is 7.36. The number of halogens is 3. The zero-order valence-electron chi connectivity index (χ0n) is 15.8. The summed E-state index contributed by atoms with van der Waals surface area (Å²) in [6.45, 7) is 3.41. The summed E-state index contributed by atoms with van der Waals surface area (Å²) in [5, 5.41) is 8.94. The van der Waals surface area contributed by atoms with E-state index >= 15 is 4.39 Å².